The first-order valence-electron chi connectivity index (χ1n) is 8.71. The van der Waals surface area contributed by atoms with E-state index in [4.69, 9.17) is 4.74 Å². The van der Waals surface area contributed by atoms with Crippen LogP contribution in [0.15, 0.2) is 41.3 Å². The van der Waals surface area contributed by atoms with E-state index in [9.17, 15) is 15.0 Å². The molecular weight excluding hydrogens is 362 g/mol. The van der Waals surface area contributed by atoms with Gasteiger partial charge in [0.1, 0.15) is 11.6 Å². The van der Waals surface area contributed by atoms with E-state index in [1.807, 2.05) is 12.1 Å². The van der Waals surface area contributed by atoms with Crippen molar-refractivity contribution >= 4 is 16.7 Å². The maximum atomic E-state index is 13.3. The van der Waals surface area contributed by atoms with E-state index in [-0.39, 0.29) is 18.8 Å². The lowest BCUT2D eigenvalue weighted by Crippen LogP contribution is -2.29. The third kappa shape index (κ3) is 2.81. The van der Waals surface area contributed by atoms with Crippen molar-refractivity contribution in [2.45, 2.75) is 13.0 Å². The Labute approximate surface area is 159 Å². The molecule has 4 aromatic rings. The zero-order valence-electron chi connectivity index (χ0n) is 15.4. The third-order valence-electron chi connectivity index (χ3n) is 4.64. The second-order valence-electron chi connectivity index (χ2n) is 6.37. The van der Waals surface area contributed by atoms with Crippen molar-refractivity contribution in [3.05, 3.63) is 52.7 Å². The first-order valence-corrected chi connectivity index (χ1v) is 8.71. The molecule has 3 aromatic heterocycles. The minimum Gasteiger partial charge on any atom is -0.497 e. The van der Waals surface area contributed by atoms with E-state index >= 15 is 0 Å². The molecule has 0 bridgehead atoms. The monoisotopic (exact) mass is 381 g/mol. The van der Waals surface area contributed by atoms with Crippen molar-refractivity contribution in [1.29, 1.82) is 0 Å². The van der Waals surface area contributed by atoms with Gasteiger partial charge in [-0.3, -0.25) is 4.79 Å². The number of nitrogens with zero attached hydrogens (tertiary/aromatic N) is 5. The Balaban J connectivity index is 2.12. The molecule has 0 aliphatic rings. The van der Waals surface area contributed by atoms with E-state index in [0.717, 1.165) is 5.56 Å². The zero-order chi connectivity index (χ0) is 19.8. The first-order chi connectivity index (χ1) is 13.6. The highest BCUT2D eigenvalue weighted by molar-refractivity contribution is 5.93. The van der Waals surface area contributed by atoms with Gasteiger partial charge in [0.25, 0.3) is 11.3 Å². The van der Waals surface area contributed by atoms with Crippen LogP contribution in [0.1, 0.15) is 11.9 Å². The van der Waals surface area contributed by atoms with Crippen LogP contribution < -0.4 is 10.3 Å². The molecule has 3 heterocycles. The number of aliphatic hydroxyl groups is 2. The standard InChI is InChI=1S/C19H19N5O4/c1-11-20-19-21-15-7-8-23(13(9-25)10-26)18(27)16(15)17(24(19)22-11)12-3-5-14(28-2)6-4-12/h3-8,13,25-26H,9-10H2,1-2H3. The Morgan fingerprint density at radius 3 is 2.46 bits per heavy atom. The summed E-state index contributed by atoms with van der Waals surface area (Å²) in [5.41, 5.74) is 1.36. The summed E-state index contributed by atoms with van der Waals surface area (Å²) in [4.78, 5) is 22.1. The molecule has 0 saturated carbocycles. The second-order valence-corrected chi connectivity index (χ2v) is 6.37. The van der Waals surface area contributed by atoms with Gasteiger partial charge >= 0.3 is 0 Å². The van der Waals surface area contributed by atoms with Crippen molar-refractivity contribution in [3.8, 4) is 17.0 Å². The smallest absolute Gasteiger partial charge is 0.262 e. The maximum absolute atomic E-state index is 13.3. The lowest BCUT2D eigenvalue weighted by molar-refractivity contribution is 0.152. The van der Waals surface area contributed by atoms with Crippen LogP contribution in [-0.2, 0) is 0 Å². The van der Waals surface area contributed by atoms with Crippen LogP contribution in [0.25, 0.3) is 27.9 Å². The zero-order valence-corrected chi connectivity index (χ0v) is 15.4. The molecule has 0 amide bonds. The fourth-order valence-corrected chi connectivity index (χ4v) is 3.23. The van der Waals surface area contributed by atoms with Crippen LogP contribution in [0, 0.1) is 6.92 Å². The summed E-state index contributed by atoms with van der Waals surface area (Å²) in [5, 5.41) is 23.8. The van der Waals surface area contributed by atoms with Crippen molar-refractivity contribution in [3.63, 3.8) is 0 Å². The minimum absolute atomic E-state index is 0.331. The number of methoxy groups -OCH3 is 1. The van der Waals surface area contributed by atoms with Gasteiger partial charge in [-0.15, -0.1) is 5.10 Å². The summed E-state index contributed by atoms with van der Waals surface area (Å²) < 4.78 is 8.07. The predicted octanol–water partition coefficient (Wildman–Crippen LogP) is 0.949. The molecule has 0 aliphatic carbocycles. The average molecular weight is 381 g/mol. The Kier molecular flexibility index (Phi) is 4.54. The first kappa shape index (κ1) is 18.1. The van der Waals surface area contributed by atoms with E-state index in [2.05, 4.69) is 15.1 Å². The average Bonchev–Trinajstić information content (AvgIpc) is 3.08. The second kappa shape index (κ2) is 7.02. The van der Waals surface area contributed by atoms with Crippen LogP contribution in [0.2, 0.25) is 0 Å². The van der Waals surface area contributed by atoms with Crippen molar-refractivity contribution in [1.82, 2.24) is 24.1 Å². The van der Waals surface area contributed by atoms with Crippen LogP contribution in [0.5, 0.6) is 5.75 Å². The maximum Gasteiger partial charge on any atom is 0.262 e. The molecule has 1 aromatic carbocycles. The third-order valence-corrected chi connectivity index (χ3v) is 4.64. The highest BCUT2D eigenvalue weighted by Crippen LogP contribution is 2.28. The van der Waals surface area contributed by atoms with Crippen molar-refractivity contribution < 1.29 is 14.9 Å². The Morgan fingerprint density at radius 2 is 1.82 bits per heavy atom. The van der Waals surface area contributed by atoms with Crippen LogP contribution in [0.4, 0.5) is 0 Å². The number of pyridine rings is 1. The fourth-order valence-electron chi connectivity index (χ4n) is 3.23. The SMILES string of the molecule is COc1ccc(-c2c3c(=O)n(C(CO)CO)ccc3nc3nc(C)nn23)cc1. The number of fused-ring (bicyclic) bond motifs is 2. The summed E-state index contributed by atoms with van der Waals surface area (Å²) in [6.45, 7) is 1.03. The molecule has 9 heteroatoms. The number of hydrogen-bond acceptors (Lipinski definition) is 7. The number of hydrogen-bond donors (Lipinski definition) is 2. The summed E-state index contributed by atoms with van der Waals surface area (Å²) in [5.74, 6) is 1.60. The molecule has 0 fully saturated rings. The van der Waals surface area contributed by atoms with Crippen molar-refractivity contribution in [2.75, 3.05) is 20.3 Å². The van der Waals surface area contributed by atoms with Crippen LogP contribution in [0.3, 0.4) is 0 Å². The highest BCUT2D eigenvalue weighted by atomic mass is 16.5. The van der Waals surface area contributed by atoms with Gasteiger partial charge in [-0.2, -0.15) is 9.50 Å². The van der Waals surface area contributed by atoms with Gasteiger partial charge in [-0.25, -0.2) is 4.98 Å². The Bertz CT molecular complexity index is 1210. The molecule has 0 spiro atoms. The number of aliphatic hydroxyl groups excluding tert-OH is 2. The lowest BCUT2D eigenvalue weighted by atomic mass is 10.1. The van der Waals surface area contributed by atoms with Crippen molar-refractivity contribution in [2.24, 2.45) is 0 Å². The molecule has 28 heavy (non-hydrogen) atoms. The highest BCUT2D eigenvalue weighted by Gasteiger charge is 2.20. The molecule has 0 aliphatic heterocycles. The summed E-state index contributed by atoms with van der Waals surface area (Å²) >= 11 is 0. The number of ether oxygens (including phenoxy) is 1. The Hall–Kier alpha value is -3.30. The van der Waals surface area contributed by atoms with E-state index in [1.165, 1.54) is 15.3 Å². The molecule has 144 valence electrons. The predicted molar refractivity (Wildman–Crippen MR) is 102 cm³/mol. The summed E-state index contributed by atoms with van der Waals surface area (Å²) in [6.07, 6.45) is 1.52. The molecule has 0 radical (unpaired) electrons. The van der Waals surface area contributed by atoms with Crippen LogP contribution in [-0.4, -0.2) is 54.7 Å². The van der Waals surface area contributed by atoms with E-state index in [0.29, 0.717) is 33.9 Å². The Morgan fingerprint density at radius 1 is 1.11 bits per heavy atom. The minimum atomic E-state index is -0.742. The number of aryl methyl sites for hydroxylation is 1. The van der Waals surface area contributed by atoms with Gasteiger partial charge < -0.3 is 19.5 Å². The fraction of sp³-hybridized carbons (Fsp3) is 0.263. The van der Waals surface area contributed by atoms with Gasteiger partial charge in [-0.1, -0.05) is 0 Å². The van der Waals surface area contributed by atoms with Gasteiger partial charge in [0.2, 0.25) is 0 Å². The normalized spacial score (nSPS) is 11.6. The molecule has 9 nitrogen and oxygen atoms in total. The molecule has 0 saturated heterocycles. The number of aromatic nitrogens is 5. The topological polar surface area (TPSA) is 115 Å². The molecule has 0 unspecified atom stereocenters. The lowest BCUT2D eigenvalue weighted by Gasteiger charge is -2.16. The summed E-state index contributed by atoms with van der Waals surface area (Å²) in [7, 11) is 1.58. The van der Waals surface area contributed by atoms with E-state index < -0.39 is 6.04 Å². The molecule has 0 atom stereocenters. The van der Waals surface area contributed by atoms with Gasteiger partial charge in [0.05, 0.1) is 43.0 Å². The number of benzene rings is 1. The van der Waals surface area contributed by atoms with Crippen LogP contribution >= 0.6 is 0 Å². The number of rotatable bonds is 5. The summed E-state index contributed by atoms with van der Waals surface area (Å²) in [6, 6.07) is 8.18. The van der Waals surface area contributed by atoms with Gasteiger partial charge in [-0.05, 0) is 37.3 Å². The van der Waals surface area contributed by atoms with E-state index in [1.54, 1.807) is 32.2 Å². The van der Waals surface area contributed by atoms with Gasteiger partial charge in [0.15, 0.2) is 0 Å². The van der Waals surface area contributed by atoms with Gasteiger partial charge in [0, 0.05) is 11.8 Å². The molecular formula is C19H19N5O4. The quantitative estimate of drug-likeness (QED) is 0.529. The largest absolute Gasteiger partial charge is 0.497 e. The molecule has 4 rings (SSSR count). The molecule has 2 N–H and O–H groups in total.